The molecule has 0 saturated carbocycles. The van der Waals surface area contributed by atoms with Crippen LogP contribution in [0.3, 0.4) is 0 Å². The van der Waals surface area contributed by atoms with Crippen LogP contribution in [0.2, 0.25) is 0 Å². The summed E-state index contributed by atoms with van der Waals surface area (Å²) in [7, 11) is 1.91. The minimum atomic E-state index is -0.353. The van der Waals surface area contributed by atoms with E-state index in [9.17, 15) is 4.79 Å². The number of esters is 1. The first-order chi connectivity index (χ1) is 8.63. The van der Waals surface area contributed by atoms with Gasteiger partial charge in [-0.05, 0) is 38.1 Å². The largest absolute Gasteiger partial charge is 0.407 e. The summed E-state index contributed by atoms with van der Waals surface area (Å²) >= 11 is 0. The lowest BCUT2D eigenvalue weighted by molar-refractivity contribution is -0.132. The van der Waals surface area contributed by atoms with Gasteiger partial charge in [0.2, 0.25) is 5.88 Å². The summed E-state index contributed by atoms with van der Waals surface area (Å²) in [5.41, 5.74) is 3.12. The molecule has 0 aliphatic carbocycles. The Labute approximate surface area is 106 Å². The summed E-state index contributed by atoms with van der Waals surface area (Å²) in [6.45, 7) is 4.22. The zero-order valence-electron chi connectivity index (χ0n) is 10.8. The summed E-state index contributed by atoms with van der Waals surface area (Å²) in [6, 6.07) is 0. The Morgan fingerprint density at radius 2 is 2.33 bits per heavy atom. The Bertz CT molecular complexity index is 575. The number of likely N-dealkylation sites (N-methyl/N-ethyl adjacent to an activating group) is 1. The van der Waals surface area contributed by atoms with E-state index in [-0.39, 0.29) is 5.97 Å². The van der Waals surface area contributed by atoms with Crippen molar-refractivity contribution >= 4 is 16.9 Å². The number of aromatic nitrogens is 2. The van der Waals surface area contributed by atoms with Gasteiger partial charge in [-0.1, -0.05) is 0 Å². The van der Waals surface area contributed by atoms with Crippen molar-refractivity contribution in [3.63, 3.8) is 0 Å². The number of fused-ring (bicyclic) bond motifs is 1. The summed E-state index contributed by atoms with van der Waals surface area (Å²) in [5.74, 6) is 0.0314. The van der Waals surface area contributed by atoms with E-state index in [0.29, 0.717) is 5.88 Å². The van der Waals surface area contributed by atoms with Crippen LogP contribution in [0.4, 0.5) is 0 Å². The lowest BCUT2D eigenvalue weighted by Gasteiger charge is -2.06. The third kappa shape index (κ3) is 2.36. The van der Waals surface area contributed by atoms with E-state index in [1.165, 1.54) is 6.92 Å². The average Bonchev–Trinajstić information content (AvgIpc) is 2.74. The first-order valence-electron chi connectivity index (χ1n) is 5.92. The van der Waals surface area contributed by atoms with Crippen molar-refractivity contribution in [1.29, 1.82) is 0 Å². The van der Waals surface area contributed by atoms with Crippen molar-refractivity contribution in [2.24, 2.45) is 0 Å². The zero-order chi connectivity index (χ0) is 13.1. The van der Waals surface area contributed by atoms with Crippen LogP contribution in [-0.2, 0) is 11.2 Å². The number of aryl methyl sites for hydroxylation is 1. The van der Waals surface area contributed by atoms with Gasteiger partial charge in [0, 0.05) is 19.3 Å². The molecule has 2 rings (SSSR count). The fraction of sp³-hybridized carbons (Fsp3) is 0.385. The van der Waals surface area contributed by atoms with E-state index in [1.54, 1.807) is 6.20 Å². The smallest absolute Gasteiger partial charge is 0.309 e. The van der Waals surface area contributed by atoms with Gasteiger partial charge in [-0.15, -0.1) is 0 Å². The van der Waals surface area contributed by atoms with Crippen LogP contribution in [-0.4, -0.2) is 29.5 Å². The van der Waals surface area contributed by atoms with Crippen LogP contribution in [0.25, 0.3) is 10.9 Å². The van der Waals surface area contributed by atoms with Crippen molar-refractivity contribution in [2.75, 3.05) is 13.6 Å². The van der Waals surface area contributed by atoms with Crippen molar-refractivity contribution in [2.45, 2.75) is 20.3 Å². The van der Waals surface area contributed by atoms with Gasteiger partial charge in [-0.2, -0.15) is 0 Å². The number of hydrogen-bond donors (Lipinski definition) is 2. The normalized spacial score (nSPS) is 10.8. The second kappa shape index (κ2) is 5.18. The third-order valence-electron chi connectivity index (χ3n) is 2.83. The van der Waals surface area contributed by atoms with Crippen molar-refractivity contribution in [1.82, 2.24) is 15.3 Å². The van der Waals surface area contributed by atoms with Gasteiger partial charge in [0.15, 0.2) is 0 Å². The molecule has 0 unspecified atom stereocenters. The van der Waals surface area contributed by atoms with Crippen molar-refractivity contribution in [3.05, 3.63) is 23.5 Å². The number of rotatable bonds is 4. The predicted molar refractivity (Wildman–Crippen MR) is 69.8 cm³/mol. The average molecular weight is 247 g/mol. The molecule has 0 radical (unpaired) electrons. The lowest BCUT2D eigenvalue weighted by Crippen LogP contribution is -2.10. The van der Waals surface area contributed by atoms with Gasteiger partial charge in [0.1, 0.15) is 0 Å². The second-order valence-electron chi connectivity index (χ2n) is 4.26. The molecule has 0 spiro atoms. The minimum absolute atomic E-state index is 0.353. The van der Waals surface area contributed by atoms with Gasteiger partial charge >= 0.3 is 5.97 Å². The van der Waals surface area contributed by atoms with Crippen LogP contribution in [0, 0.1) is 6.92 Å². The molecule has 2 aromatic heterocycles. The van der Waals surface area contributed by atoms with E-state index >= 15 is 0 Å². The maximum atomic E-state index is 11.1. The monoisotopic (exact) mass is 247 g/mol. The molecule has 0 aliphatic rings. The number of aromatic amines is 1. The molecule has 0 atom stereocenters. The molecular formula is C13H17N3O2. The first kappa shape index (κ1) is 12.6. The molecule has 96 valence electrons. The number of carbonyl (C=O) groups excluding carboxylic acids is 1. The fourth-order valence-corrected chi connectivity index (χ4v) is 1.97. The molecule has 0 fully saturated rings. The number of nitrogens with one attached hydrogen (secondary N) is 2. The Balaban J connectivity index is 2.52. The topological polar surface area (TPSA) is 67.0 Å². The number of pyridine rings is 1. The standard InChI is InChI=1S/C13H17N3O2/c1-8-6-16-13(18-9(2)17)11-10(4-5-14-3)7-15-12(8)11/h6-7,14-15H,4-5H2,1-3H3. The lowest BCUT2D eigenvalue weighted by atomic mass is 10.1. The molecule has 5 heteroatoms. The Morgan fingerprint density at radius 3 is 3.00 bits per heavy atom. The maximum Gasteiger partial charge on any atom is 0.309 e. The highest BCUT2D eigenvalue weighted by molar-refractivity contribution is 5.91. The quantitative estimate of drug-likeness (QED) is 0.805. The van der Waals surface area contributed by atoms with Crippen LogP contribution >= 0.6 is 0 Å². The van der Waals surface area contributed by atoms with Crippen LogP contribution in [0.15, 0.2) is 12.4 Å². The number of nitrogens with zero attached hydrogens (tertiary/aromatic N) is 1. The third-order valence-corrected chi connectivity index (χ3v) is 2.83. The first-order valence-corrected chi connectivity index (χ1v) is 5.92. The van der Waals surface area contributed by atoms with Gasteiger partial charge in [-0.25, -0.2) is 4.98 Å². The molecule has 18 heavy (non-hydrogen) atoms. The molecule has 5 nitrogen and oxygen atoms in total. The molecule has 2 heterocycles. The number of H-pyrrole nitrogens is 1. The molecule has 2 N–H and O–H groups in total. The van der Waals surface area contributed by atoms with E-state index < -0.39 is 0 Å². The van der Waals surface area contributed by atoms with Gasteiger partial charge < -0.3 is 15.0 Å². The number of carbonyl (C=O) groups is 1. The molecule has 0 aromatic carbocycles. The van der Waals surface area contributed by atoms with Gasteiger partial charge in [0.25, 0.3) is 0 Å². The second-order valence-corrected chi connectivity index (χ2v) is 4.26. The molecular weight excluding hydrogens is 230 g/mol. The molecule has 0 bridgehead atoms. The maximum absolute atomic E-state index is 11.1. The molecule has 2 aromatic rings. The highest BCUT2D eigenvalue weighted by Crippen LogP contribution is 2.29. The number of ether oxygens (including phenoxy) is 1. The van der Waals surface area contributed by atoms with E-state index in [2.05, 4.69) is 15.3 Å². The molecule has 0 saturated heterocycles. The summed E-state index contributed by atoms with van der Waals surface area (Å²) in [6.07, 6.45) is 4.51. The van der Waals surface area contributed by atoms with Crippen molar-refractivity contribution < 1.29 is 9.53 Å². The highest BCUT2D eigenvalue weighted by atomic mass is 16.5. The van der Waals surface area contributed by atoms with Crippen molar-refractivity contribution in [3.8, 4) is 5.88 Å². The van der Waals surface area contributed by atoms with Crippen LogP contribution < -0.4 is 10.1 Å². The number of hydrogen-bond acceptors (Lipinski definition) is 4. The highest BCUT2D eigenvalue weighted by Gasteiger charge is 2.14. The van der Waals surface area contributed by atoms with E-state index in [4.69, 9.17) is 4.74 Å². The van der Waals surface area contributed by atoms with Crippen LogP contribution in [0.5, 0.6) is 5.88 Å². The summed E-state index contributed by atoms with van der Waals surface area (Å²) < 4.78 is 5.17. The van der Waals surface area contributed by atoms with Gasteiger partial charge in [-0.3, -0.25) is 4.79 Å². The van der Waals surface area contributed by atoms with E-state index in [0.717, 1.165) is 35.0 Å². The van der Waals surface area contributed by atoms with Crippen LogP contribution in [0.1, 0.15) is 18.1 Å². The Hall–Kier alpha value is -1.88. The zero-order valence-corrected chi connectivity index (χ0v) is 10.8. The Morgan fingerprint density at radius 1 is 1.56 bits per heavy atom. The summed E-state index contributed by atoms with van der Waals surface area (Å²) in [4.78, 5) is 18.5. The van der Waals surface area contributed by atoms with E-state index in [1.807, 2.05) is 20.2 Å². The Kier molecular flexibility index (Phi) is 3.62. The predicted octanol–water partition coefficient (Wildman–Crippen LogP) is 1.56. The molecule has 0 aliphatic heterocycles. The SMILES string of the molecule is CNCCc1c[nH]c2c(C)cnc(OC(C)=O)c12. The molecule has 0 amide bonds. The van der Waals surface area contributed by atoms with Gasteiger partial charge in [0.05, 0.1) is 10.9 Å². The summed E-state index contributed by atoms with van der Waals surface area (Å²) in [5, 5.41) is 4.01. The minimum Gasteiger partial charge on any atom is -0.407 e. The fourth-order valence-electron chi connectivity index (χ4n) is 1.97.